The minimum atomic E-state index is -1.55. The number of piperidine rings is 1. The third kappa shape index (κ3) is 10.7. The molecule has 6 unspecified atom stereocenters. The Hall–Kier alpha value is -5.71. The minimum absolute atomic E-state index is 0.0165. The van der Waals surface area contributed by atoms with Gasteiger partial charge in [0.25, 0.3) is 5.56 Å². The number of aryl methyl sites for hydroxylation is 1. The number of nitrogens with zero attached hydrogens (tertiary/aromatic N) is 4. The van der Waals surface area contributed by atoms with Crippen molar-refractivity contribution in [3.05, 3.63) is 135 Å². The molecule has 9 rings (SSSR count). The second kappa shape index (κ2) is 23.3. The van der Waals surface area contributed by atoms with Gasteiger partial charge >= 0.3 is 0 Å². The first kappa shape index (κ1) is 54.1. The van der Waals surface area contributed by atoms with Gasteiger partial charge in [0.1, 0.15) is 5.75 Å². The molecule has 0 bridgehead atoms. The van der Waals surface area contributed by atoms with E-state index in [0.29, 0.717) is 61.3 Å². The summed E-state index contributed by atoms with van der Waals surface area (Å²) < 4.78 is 48.3. The summed E-state index contributed by atoms with van der Waals surface area (Å²) in [6.45, 7) is 7.44. The molecule has 1 fully saturated rings. The Labute approximate surface area is 444 Å². The predicted octanol–water partition coefficient (Wildman–Crippen LogP) is 9.54. The Kier molecular flexibility index (Phi) is 16.8. The zero-order chi connectivity index (χ0) is 53.1. The van der Waals surface area contributed by atoms with Gasteiger partial charge in [-0.05, 0) is 158 Å². The fraction of sp³-hybridized carbons (Fsp3) is 0.500. The molecule has 0 radical (unpaired) electrons. The molecule has 7 atom stereocenters. The van der Waals surface area contributed by atoms with E-state index in [1.54, 1.807) is 40.2 Å². The van der Waals surface area contributed by atoms with E-state index in [-0.39, 0.29) is 42.3 Å². The molecule has 15 heteroatoms. The average molecular weight is 1050 g/mol. The van der Waals surface area contributed by atoms with Crippen LogP contribution in [0.25, 0.3) is 5.69 Å². The Morgan fingerprint density at radius 2 is 1.47 bits per heavy atom. The fourth-order valence-corrected chi connectivity index (χ4v) is 14.9. The van der Waals surface area contributed by atoms with Gasteiger partial charge in [-0.15, -0.1) is 0 Å². The quantitative estimate of drug-likeness (QED) is 0.0796. The molecule has 0 amide bonds. The van der Waals surface area contributed by atoms with E-state index >= 15 is 4.79 Å². The van der Waals surface area contributed by atoms with Crippen LogP contribution in [0.3, 0.4) is 0 Å². The lowest BCUT2D eigenvalue weighted by molar-refractivity contribution is -0.148. The van der Waals surface area contributed by atoms with Crippen molar-refractivity contribution in [2.24, 2.45) is 24.8 Å². The largest absolute Gasteiger partial charge is 0.497 e. The third-order valence-electron chi connectivity index (χ3n) is 17.0. The summed E-state index contributed by atoms with van der Waals surface area (Å²) in [4.78, 5) is 34.4. The lowest BCUT2D eigenvalue weighted by Gasteiger charge is -2.49. The first-order chi connectivity index (χ1) is 36.3. The van der Waals surface area contributed by atoms with Crippen LogP contribution in [0.4, 0.5) is 0 Å². The second-order valence-corrected chi connectivity index (χ2v) is 24.5. The number of carbonyl (C=O) groups is 1. The number of hydrogen-bond donors (Lipinski definition) is 1. The number of Topliss-reactive ketones (excluding diaryl/α,β-unsaturated/α-hetero) is 1. The molecule has 4 aliphatic rings. The molecule has 404 valence electrons. The molecule has 1 saturated heterocycles. The normalized spacial score (nSPS) is 22.8. The first-order valence-electron chi connectivity index (χ1n) is 26.6. The van der Waals surface area contributed by atoms with Crippen LogP contribution in [-0.2, 0) is 34.2 Å². The molecule has 3 aliphatic heterocycles. The predicted molar refractivity (Wildman–Crippen MR) is 295 cm³/mol. The number of carbonyl (C=O) groups excluding carboxylic acids is 1. The van der Waals surface area contributed by atoms with Crippen LogP contribution >= 0.6 is 10.2 Å². The number of ether oxygens (including phenoxy) is 7. The average Bonchev–Trinajstić information content (AvgIpc) is 3.67. The van der Waals surface area contributed by atoms with Crippen molar-refractivity contribution in [1.82, 2.24) is 18.6 Å². The van der Waals surface area contributed by atoms with Gasteiger partial charge in [-0.1, -0.05) is 31.5 Å². The number of aromatic nitrogens is 2. The van der Waals surface area contributed by atoms with E-state index in [1.165, 1.54) is 11.1 Å². The maximum Gasteiger partial charge on any atom is 0.275 e. The molecule has 1 aliphatic carbocycles. The second-order valence-electron chi connectivity index (χ2n) is 21.0. The van der Waals surface area contributed by atoms with E-state index in [9.17, 15) is 9.90 Å². The highest BCUT2D eigenvalue weighted by Crippen LogP contribution is 2.54. The molecule has 4 heterocycles. The van der Waals surface area contributed by atoms with Crippen LogP contribution in [0, 0.1) is 24.7 Å². The summed E-state index contributed by atoms with van der Waals surface area (Å²) in [7, 11) is 8.74. The third-order valence-corrected chi connectivity index (χ3v) is 20.1. The summed E-state index contributed by atoms with van der Waals surface area (Å²) in [6.07, 6.45) is 10.9. The number of benzene rings is 4. The number of hydrogen-bond acceptors (Lipinski definition) is 12. The number of rotatable bonds is 20. The van der Waals surface area contributed by atoms with Crippen LogP contribution in [-0.4, -0.2) is 123 Å². The van der Waals surface area contributed by atoms with Crippen molar-refractivity contribution in [2.45, 2.75) is 87.9 Å². The monoisotopic (exact) mass is 1050 g/mol. The van der Waals surface area contributed by atoms with Crippen LogP contribution in [0.15, 0.2) is 100 Å². The molecular formula is C60H78N4O10S. The van der Waals surface area contributed by atoms with Gasteiger partial charge in [0, 0.05) is 73.7 Å². The van der Waals surface area contributed by atoms with Gasteiger partial charge in [0.05, 0.1) is 54.5 Å². The van der Waals surface area contributed by atoms with Gasteiger partial charge in [0.15, 0.2) is 28.8 Å². The van der Waals surface area contributed by atoms with E-state index in [0.717, 1.165) is 83.4 Å². The van der Waals surface area contributed by atoms with Gasteiger partial charge in [-0.2, -0.15) is 10.2 Å². The number of aliphatic hydroxyl groups excluding tert-OH is 1. The standard InChI is InChI=1S/C60H78N4O10S/c1-11-39-37-62-24-23-41-32-53(70-6)55(72-8)36-49(41)51(62)30-42(39)29-50-47(22-17-40-31-52(69-5)54(71-7)35-48(40)50)59(66)56-33-43(58-38(2)61(3)64(60(58)67)44-15-13-12-14-16-44)34-57(74-56)73-28-26-63(25-27-65)75(9,10)46-20-18-45(68-4)19-21-46/h12-16,18-21,31-33,35-36,39,42-43,47,50-51,57,65H,11,17,22-30,34,37H2,1-10H3/t39?,42?,43-,47?,50?,51?,57?/m0/s1. The molecule has 5 aromatic rings. The lowest BCUT2D eigenvalue weighted by Crippen LogP contribution is -2.46. The van der Waals surface area contributed by atoms with Crippen molar-refractivity contribution in [3.63, 3.8) is 0 Å². The van der Waals surface area contributed by atoms with E-state index in [2.05, 4.69) is 65.0 Å². The Balaban J connectivity index is 1.07. The van der Waals surface area contributed by atoms with Crippen LogP contribution in [0.5, 0.6) is 28.7 Å². The van der Waals surface area contributed by atoms with Crippen molar-refractivity contribution in [2.75, 3.05) is 87.5 Å². The van der Waals surface area contributed by atoms with Crippen LogP contribution < -0.4 is 29.2 Å². The number of ketones is 1. The van der Waals surface area contributed by atoms with E-state index in [4.69, 9.17) is 33.2 Å². The number of aliphatic hydroxyl groups is 1. The minimum Gasteiger partial charge on any atom is -0.497 e. The van der Waals surface area contributed by atoms with Gasteiger partial charge in [-0.3, -0.25) is 23.5 Å². The maximum absolute atomic E-state index is 15.9. The summed E-state index contributed by atoms with van der Waals surface area (Å²) in [5, 5.41) is 10.3. The summed E-state index contributed by atoms with van der Waals surface area (Å²) in [6, 6.07) is 26.5. The molecular weight excluding hydrogens is 969 g/mol. The van der Waals surface area contributed by atoms with E-state index < -0.39 is 28.3 Å². The molecule has 14 nitrogen and oxygen atoms in total. The molecule has 0 spiro atoms. The lowest BCUT2D eigenvalue weighted by atomic mass is 9.65. The highest BCUT2D eigenvalue weighted by molar-refractivity contribution is 8.30. The maximum atomic E-state index is 15.9. The van der Waals surface area contributed by atoms with Gasteiger partial charge in [0.2, 0.25) is 12.1 Å². The molecule has 4 aromatic carbocycles. The van der Waals surface area contributed by atoms with Crippen LogP contribution in [0.1, 0.15) is 90.4 Å². The van der Waals surface area contributed by atoms with E-state index in [1.807, 2.05) is 67.2 Å². The zero-order valence-electron chi connectivity index (χ0n) is 45.6. The number of methoxy groups -OCH3 is 5. The Morgan fingerprint density at radius 3 is 2.11 bits per heavy atom. The van der Waals surface area contributed by atoms with Crippen molar-refractivity contribution in [1.29, 1.82) is 0 Å². The van der Waals surface area contributed by atoms with Crippen molar-refractivity contribution in [3.8, 4) is 34.4 Å². The number of allylic oxidation sites excluding steroid dienone is 2. The van der Waals surface area contributed by atoms with Crippen molar-refractivity contribution < 1.29 is 43.1 Å². The highest BCUT2D eigenvalue weighted by atomic mass is 32.3. The number of fused-ring (bicyclic) bond motifs is 4. The van der Waals surface area contributed by atoms with Crippen LogP contribution in [0.2, 0.25) is 0 Å². The SMILES string of the molecule is CCC1CN2CCc3cc(OC)c(OC)cc3C2CC1CC1c2cc(OC)c(OC)cc2CCC1C(=O)C1=C[C@H](c2c(C)n(C)n(-c3ccccc3)c2=O)CC(OCCN(CCO)S(C)(C)c2ccc(OC)cc2)O1. The topological polar surface area (TPSA) is 135 Å². The van der Waals surface area contributed by atoms with Gasteiger partial charge < -0.3 is 38.3 Å². The smallest absolute Gasteiger partial charge is 0.275 e. The van der Waals surface area contributed by atoms with Crippen molar-refractivity contribution >= 4 is 16.0 Å². The fourth-order valence-electron chi connectivity index (χ4n) is 12.8. The Morgan fingerprint density at radius 1 is 0.813 bits per heavy atom. The molecule has 1 N–H and O–H groups in total. The molecule has 75 heavy (non-hydrogen) atoms. The summed E-state index contributed by atoms with van der Waals surface area (Å²) >= 11 is 0. The van der Waals surface area contributed by atoms with Gasteiger partial charge in [-0.25, -0.2) is 4.68 Å². The Bertz CT molecular complexity index is 2900. The number of para-hydroxylation sites is 1. The summed E-state index contributed by atoms with van der Waals surface area (Å²) in [5.74, 6) is 3.42. The highest BCUT2D eigenvalue weighted by Gasteiger charge is 2.45. The molecule has 0 saturated carbocycles. The first-order valence-corrected chi connectivity index (χ1v) is 29.0. The zero-order valence-corrected chi connectivity index (χ0v) is 46.5. The molecule has 1 aromatic heterocycles. The summed E-state index contributed by atoms with van der Waals surface area (Å²) in [5.41, 5.74) is 6.91.